The first kappa shape index (κ1) is 15.3. The summed E-state index contributed by atoms with van der Waals surface area (Å²) in [6.45, 7) is 10.8. The molecule has 19 heavy (non-hydrogen) atoms. The standard InChI is InChI=1S/C17H34N2/c1-4-11-18-13-14(2)15(3)19-12-7-9-16-8-5-6-10-17(16)19/h14-18H,4-13H2,1-3H3. The van der Waals surface area contributed by atoms with E-state index in [4.69, 9.17) is 0 Å². The first-order valence-electron chi connectivity index (χ1n) is 8.70. The number of piperidine rings is 1. The lowest BCUT2D eigenvalue weighted by atomic mass is 9.77. The Hall–Kier alpha value is -0.0800. The highest BCUT2D eigenvalue weighted by Crippen LogP contribution is 2.37. The maximum Gasteiger partial charge on any atom is 0.0126 e. The molecule has 1 N–H and O–H groups in total. The molecule has 4 atom stereocenters. The average Bonchev–Trinajstić information content (AvgIpc) is 2.46. The summed E-state index contributed by atoms with van der Waals surface area (Å²) < 4.78 is 0. The Morgan fingerprint density at radius 2 is 1.84 bits per heavy atom. The quantitative estimate of drug-likeness (QED) is 0.738. The van der Waals surface area contributed by atoms with Crippen LogP contribution < -0.4 is 5.32 Å². The molecule has 2 rings (SSSR count). The summed E-state index contributed by atoms with van der Waals surface area (Å²) in [5.41, 5.74) is 0. The van der Waals surface area contributed by atoms with Crippen molar-refractivity contribution in [2.45, 2.75) is 77.8 Å². The Kier molecular flexibility index (Phi) is 6.15. The van der Waals surface area contributed by atoms with Gasteiger partial charge in [-0.15, -0.1) is 0 Å². The number of nitrogens with one attached hydrogen (secondary N) is 1. The van der Waals surface area contributed by atoms with E-state index in [1.54, 1.807) is 0 Å². The molecule has 2 fully saturated rings. The molecule has 0 radical (unpaired) electrons. The predicted molar refractivity (Wildman–Crippen MR) is 83.5 cm³/mol. The van der Waals surface area contributed by atoms with Gasteiger partial charge in [-0.3, -0.25) is 4.90 Å². The lowest BCUT2D eigenvalue weighted by Gasteiger charge is -2.48. The van der Waals surface area contributed by atoms with E-state index in [1.807, 2.05) is 0 Å². The lowest BCUT2D eigenvalue weighted by molar-refractivity contribution is 0.0142. The Bertz CT molecular complexity index is 252. The van der Waals surface area contributed by atoms with Crippen LogP contribution >= 0.6 is 0 Å². The van der Waals surface area contributed by atoms with E-state index >= 15 is 0 Å². The van der Waals surface area contributed by atoms with Crippen LogP contribution in [0.25, 0.3) is 0 Å². The number of hydrogen-bond acceptors (Lipinski definition) is 2. The fraction of sp³-hybridized carbons (Fsp3) is 1.00. The molecule has 0 aromatic rings. The number of rotatable bonds is 6. The molecule has 2 aliphatic rings. The van der Waals surface area contributed by atoms with Crippen molar-refractivity contribution in [1.82, 2.24) is 10.2 Å². The monoisotopic (exact) mass is 266 g/mol. The molecule has 1 aliphatic heterocycles. The Balaban J connectivity index is 1.87. The molecule has 4 unspecified atom stereocenters. The smallest absolute Gasteiger partial charge is 0.0126 e. The second-order valence-corrected chi connectivity index (χ2v) is 6.91. The third kappa shape index (κ3) is 3.95. The minimum Gasteiger partial charge on any atom is -0.316 e. The molecule has 2 nitrogen and oxygen atoms in total. The van der Waals surface area contributed by atoms with Crippen LogP contribution in [0.2, 0.25) is 0 Å². The number of likely N-dealkylation sites (tertiary alicyclic amines) is 1. The van der Waals surface area contributed by atoms with E-state index in [9.17, 15) is 0 Å². The minimum atomic E-state index is 0.746. The van der Waals surface area contributed by atoms with Gasteiger partial charge in [0, 0.05) is 12.1 Å². The molecule has 0 amide bonds. The average molecular weight is 266 g/mol. The van der Waals surface area contributed by atoms with Gasteiger partial charge in [-0.2, -0.15) is 0 Å². The van der Waals surface area contributed by atoms with E-state index in [1.165, 1.54) is 64.6 Å². The molecule has 0 bridgehead atoms. The van der Waals surface area contributed by atoms with Crippen LogP contribution in [-0.2, 0) is 0 Å². The van der Waals surface area contributed by atoms with Crippen molar-refractivity contribution in [1.29, 1.82) is 0 Å². The largest absolute Gasteiger partial charge is 0.316 e. The number of hydrogen-bond donors (Lipinski definition) is 1. The molecule has 0 spiro atoms. The van der Waals surface area contributed by atoms with Gasteiger partial charge in [-0.25, -0.2) is 0 Å². The van der Waals surface area contributed by atoms with Gasteiger partial charge in [0.05, 0.1) is 0 Å². The van der Waals surface area contributed by atoms with Crippen LogP contribution in [-0.4, -0.2) is 36.6 Å². The van der Waals surface area contributed by atoms with E-state index in [-0.39, 0.29) is 0 Å². The van der Waals surface area contributed by atoms with E-state index in [2.05, 4.69) is 31.0 Å². The summed E-state index contributed by atoms with van der Waals surface area (Å²) in [5, 5.41) is 3.60. The van der Waals surface area contributed by atoms with Crippen LogP contribution in [0.1, 0.15) is 65.7 Å². The summed E-state index contributed by atoms with van der Waals surface area (Å²) in [7, 11) is 0. The lowest BCUT2D eigenvalue weighted by Crippen LogP contribution is -2.53. The van der Waals surface area contributed by atoms with Crippen molar-refractivity contribution in [3.63, 3.8) is 0 Å². The highest BCUT2D eigenvalue weighted by atomic mass is 15.2. The molecular weight excluding hydrogens is 232 g/mol. The molecule has 1 saturated carbocycles. The fourth-order valence-electron chi connectivity index (χ4n) is 4.17. The zero-order valence-corrected chi connectivity index (χ0v) is 13.3. The van der Waals surface area contributed by atoms with Crippen molar-refractivity contribution in [2.75, 3.05) is 19.6 Å². The molecule has 1 heterocycles. The first-order chi connectivity index (χ1) is 9.24. The van der Waals surface area contributed by atoms with E-state index in [0.717, 1.165) is 23.9 Å². The summed E-state index contributed by atoms with van der Waals surface area (Å²) in [6.07, 6.45) is 10.1. The van der Waals surface area contributed by atoms with Gasteiger partial charge in [0.15, 0.2) is 0 Å². The number of nitrogens with zero attached hydrogens (tertiary/aromatic N) is 1. The van der Waals surface area contributed by atoms with Gasteiger partial charge in [-0.05, 0) is 70.5 Å². The summed E-state index contributed by atoms with van der Waals surface area (Å²) in [4.78, 5) is 2.87. The van der Waals surface area contributed by atoms with E-state index < -0.39 is 0 Å². The van der Waals surface area contributed by atoms with Crippen LogP contribution in [0.15, 0.2) is 0 Å². The van der Waals surface area contributed by atoms with Gasteiger partial charge < -0.3 is 5.32 Å². The van der Waals surface area contributed by atoms with Gasteiger partial charge in [0.25, 0.3) is 0 Å². The van der Waals surface area contributed by atoms with Crippen molar-refractivity contribution in [3.05, 3.63) is 0 Å². The van der Waals surface area contributed by atoms with Crippen molar-refractivity contribution >= 4 is 0 Å². The summed E-state index contributed by atoms with van der Waals surface area (Å²) in [5.74, 6) is 1.79. The van der Waals surface area contributed by atoms with Crippen molar-refractivity contribution < 1.29 is 0 Å². The Labute approximate surface area is 120 Å². The Morgan fingerprint density at radius 3 is 2.63 bits per heavy atom. The van der Waals surface area contributed by atoms with Gasteiger partial charge in [0.2, 0.25) is 0 Å². The molecule has 0 aromatic carbocycles. The van der Waals surface area contributed by atoms with Crippen LogP contribution in [0.4, 0.5) is 0 Å². The zero-order valence-electron chi connectivity index (χ0n) is 13.3. The Morgan fingerprint density at radius 1 is 1.11 bits per heavy atom. The maximum atomic E-state index is 3.60. The third-order valence-corrected chi connectivity index (χ3v) is 5.53. The van der Waals surface area contributed by atoms with Crippen molar-refractivity contribution in [3.8, 4) is 0 Å². The second-order valence-electron chi connectivity index (χ2n) is 6.91. The predicted octanol–water partition coefficient (Wildman–Crippen LogP) is 3.67. The molecule has 112 valence electrons. The topological polar surface area (TPSA) is 15.3 Å². The third-order valence-electron chi connectivity index (χ3n) is 5.53. The SMILES string of the molecule is CCCNCC(C)C(C)N1CCCC2CCCCC21. The van der Waals surface area contributed by atoms with Crippen LogP contribution in [0.3, 0.4) is 0 Å². The van der Waals surface area contributed by atoms with Gasteiger partial charge >= 0.3 is 0 Å². The molecule has 1 aliphatic carbocycles. The molecular formula is C17H34N2. The van der Waals surface area contributed by atoms with Crippen LogP contribution in [0.5, 0.6) is 0 Å². The molecule has 2 heteroatoms. The second kappa shape index (κ2) is 7.64. The van der Waals surface area contributed by atoms with Crippen LogP contribution in [0, 0.1) is 11.8 Å². The minimum absolute atomic E-state index is 0.746. The highest BCUT2D eigenvalue weighted by Gasteiger charge is 2.36. The fourth-order valence-corrected chi connectivity index (χ4v) is 4.17. The zero-order chi connectivity index (χ0) is 13.7. The first-order valence-corrected chi connectivity index (χ1v) is 8.70. The highest BCUT2D eigenvalue weighted by molar-refractivity contribution is 4.90. The normalized spacial score (nSPS) is 31.7. The van der Waals surface area contributed by atoms with E-state index in [0.29, 0.717) is 0 Å². The molecule has 1 saturated heterocycles. The molecule has 0 aromatic heterocycles. The van der Waals surface area contributed by atoms with Gasteiger partial charge in [-0.1, -0.05) is 26.7 Å². The maximum absolute atomic E-state index is 3.60. The summed E-state index contributed by atoms with van der Waals surface area (Å²) >= 11 is 0. The number of fused-ring (bicyclic) bond motifs is 1. The summed E-state index contributed by atoms with van der Waals surface area (Å²) in [6, 6.07) is 1.65. The van der Waals surface area contributed by atoms with Crippen molar-refractivity contribution in [2.24, 2.45) is 11.8 Å². The van der Waals surface area contributed by atoms with Gasteiger partial charge in [0.1, 0.15) is 0 Å².